The number of hydrogen-bond donors (Lipinski definition) is 2. The Labute approximate surface area is 119 Å². The minimum atomic E-state index is -4.05. The van der Waals surface area contributed by atoms with Crippen LogP contribution < -0.4 is 4.72 Å². The molecule has 0 amide bonds. The first-order valence-corrected chi connectivity index (χ1v) is 7.08. The van der Waals surface area contributed by atoms with Gasteiger partial charge in [-0.05, 0) is 18.2 Å². The molecule has 9 heteroatoms. The molecule has 20 heavy (non-hydrogen) atoms. The van der Waals surface area contributed by atoms with Gasteiger partial charge in [-0.1, -0.05) is 11.6 Å². The smallest absolute Gasteiger partial charge is 0.335 e. The summed E-state index contributed by atoms with van der Waals surface area (Å²) in [6.07, 6.45) is 3.91. The first kappa shape index (κ1) is 14.2. The molecule has 0 bridgehead atoms. The molecule has 0 unspecified atom stereocenters. The molecule has 0 aliphatic rings. The molecule has 1 aromatic heterocycles. The highest BCUT2D eigenvalue weighted by molar-refractivity contribution is 7.92. The lowest BCUT2D eigenvalue weighted by atomic mass is 10.2. The molecular weight excluding hydrogens is 306 g/mol. The Morgan fingerprint density at radius 2 is 2.05 bits per heavy atom. The van der Waals surface area contributed by atoms with Gasteiger partial charge in [0.25, 0.3) is 10.0 Å². The SMILES string of the molecule is O=C(O)c1ccc(Cl)c(S(=O)(=O)Nc2cnccn2)c1. The van der Waals surface area contributed by atoms with Crippen molar-refractivity contribution < 1.29 is 18.3 Å². The highest BCUT2D eigenvalue weighted by Crippen LogP contribution is 2.24. The van der Waals surface area contributed by atoms with Gasteiger partial charge in [0.1, 0.15) is 4.90 Å². The second kappa shape index (κ2) is 5.43. The van der Waals surface area contributed by atoms with Gasteiger partial charge in [0.05, 0.1) is 16.8 Å². The molecule has 1 aromatic carbocycles. The average molecular weight is 314 g/mol. The van der Waals surface area contributed by atoms with Gasteiger partial charge in [0.15, 0.2) is 5.82 Å². The molecule has 2 rings (SSSR count). The number of hydrogen-bond acceptors (Lipinski definition) is 5. The summed E-state index contributed by atoms with van der Waals surface area (Å²) in [5.41, 5.74) is -0.186. The van der Waals surface area contributed by atoms with Gasteiger partial charge in [0.2, 0.25) is 0 Å². The van der Waals surface area contributed by atoms with Crippen LogP contribution in [0.2, 0.25) is 5.02 Å². The van der Waals surface area contributed by atoms with E-state index < -0.39 is 16.0 Å². The number of nitrogens with one attached hydrogen (secondary N) is 1. The zero-order valence-electron chi connectivity index (χ0n) is 9.82. The molecular formula is C11H8ClN3O4S. The van der Waals surface area contributed by atoms with Crippen LogP contribution in [0.1, 0.15) is 10.4 Å². The van der Waals surface area contributed by atoms with Crippen molar-refractivity contribution in [2.45, 2.75) is 4.90 Å². The van der Waals surface area contributed by atoms with Crippen molar-refractivity contribution in [1.82, 2.24) is 9.97 Å². The first-order valence-electron chi connectivity index (χ1n) is 5.22. The van der Waals surface area contributed by atoms with Crippen LogP contribution in [0.4, 0.5) is 5.82 Å². The summed E-state index contributed by atoms with van der Waals surface area (Å²) in [6, 6.07) is 3.39. The van der Waals surface area contributed by atoms with Crippen molar-refractivity contribution in [2.75, 3.05) is 4.72 Å². The molecule has 0 spiro atoms. The maximum Gasteiger partial charge on any atom is 0.335 e. The lowest BCUT2D eigenvalue weighted by molar-refractivity contribution is 0.0696. The Hall–Kier alpha value is -2.19. The van der Waals surface area contributed by atoms with E-state index in [0.717, 1.165) is 6.07 Å². The minimum absolute atomic E-state index is 0.00398. The van der Waals surface area contributed by atoms with Crippen LogP contribution in [0.25, 0.3) is 0 Å². The quantitative estimate of drug-likeness (QED) is 0.887. The maximum atomic E-state index is 12.1. The third-order valence-corrected chi connectivity index (χ3v) is 4.11. The predicted octanol–water partition coefficient (Wildman–Crippen LogP) is 1.63. The zero-order valence-corrected chi connectivity index (χ0v) is 11.4. The first-order chi connectivity index (χ1) is 9.40. The van der Waals surface area contributed by atoms with Gasteiger partial charge in [-0.25, -0.2) is 18.2 Å². The Morgan fingerprint density at radius 3 is 2.65 bits per heavy atom. The van der Waals surface area contributed by atoms with Crippen LogP contribution in [-0.2, 0) is 10.0 Å². The molecule has 2 N–H and O–H groups in total. The molecule has 0 aliphatic heterocycles. The lowest BCUT2D eigenvalue weighted by Gasteiger charge is -2.09. The fourth-order valence-corrected chi connectivity index (χ4v) is 2.91. The Kier molecular flexibility index (Phi) is 3.86. The standard InChI is InChI=1S/C11H8ClN3O4S/c12-8-2-1-7(11(16)17)5-9(8)20(18,19)15-10-6-13-3-4-14-10/h1-6H,(H,14,15)(H,16,17). The fourth-order valence-electron chi connectivity index (χ4n) is 1.39. The van der Waals surface area contributed by atoms with Gasteiger partial charge in [-0.2, -0.15) is 0 Å². The summed E-state index contributed by atoms with van der Waals surface area (Å²) in [7, 11) is -4.05. The van der Waals surface area contributed by atoms with E-state index in [9.17, 15) is 13.2 Å². The fraction of sp³-hybridized carbons (Fsp3) is 0. The second-order valence-electron chi connectivity index (χ2n) is 3.65. The monoisotopic (exact) mass is 313 g/mol. The van der Waals surface area contributed by atoms with Crippen LogP contribution in [0.15, 0.2) is 41.7 Å². The number of aromatic carboxylic acids is 1. The van der Waals surface area contributed by atoms with E-state index in [0.29, 0.717) is 0 Å². The molecule has 0 atom stereocenters. The van der Waals surface area contributed by atoms with E-state index in [1.54, 1.807) is 0 Å². The molecule has 104 valence electrons. The van der Waals surface area contributed by atoms with Crippen molar-refractivity contribution in [2.24, 2.45) is 0 Å². The number of rotatable bonds is 4. The molecule has 0 aliphatic carbocycles. The number of benzene rings is 1. The summed E-state index contributed by atoms with van der Waals surface area (Å²) in [4.78, 5) is 18.0. The molecule has 7 nitrogen and oxygen atoms in total. The van der Waals surface area contributed by atoms with Crippen LogP contribution >= 0.6 is 11.6 Å². The van der Waals surface area contributed by atoms with Crippen molar-refractivity contribution >= 4 is 33.4 Å². The van der Waals surface area contributed by atoms with Crippen molar-refractivity contribution in [1.29, 1.82) is 0 Å². The van der Waals surface area contributed by atoms with Crippen LogP contribution in [-0.4, -0.2) is 29.5 Å². The van der Waals surface area contributed by atoms with Crippen LogP contribution in [0.5, 0.6) is 0 Å². The van der Waals surface area contributed by atoms with E-state index in [4.69, 9.17) is 16.7 Å². The van der Waals surface area contributed by atoms with Gasteiger partial charge in [-0.15, -0.1) is 0 Å². The van der Waals surface area contributed by atoms with E-state index in [1.165, 1.54) is 30.7 Å². The number of aromatic nitrogens is 2. The number of halogens is 1. The van der Waals surface area contributed by atoms with E-state index in [1.807, 2.05) is 0 Å². The van der Waals surface area contributed by atoms with Crippen molar-refractivity contribution in [3.8, 4) is 0 Å². The summed E-state index contributed by atoms with van der Waals surface area (Å²) in [5, 5.41) is 8.78. The van der Waals surface area contributed by atoms with Crippen LogP contribution in [0.3, 0.4) is 0 Å². The molecule has 0 saturated heterocycles. The highest BCUT2D eigenvalue weighted by atomic mass is 35.5. The number of anilines is 1. The summed E-state index contributed by atoms with van der Waals surface area (Å²) in [5.74, 6) is -1.25. The summed E-state index contributed by atoms with van der Waals surface area (Å²) < 4.78 is 26.4. The van der Waals surface area contributed by atoms with Crippen molar-refractivity contribution in [3.05, 3.63) is 47.4 Å². The second-order valence-corrected chi connectivity index (χ2v) is 5.70. The van der Waals surface area contributed by atoms with Crippen LogP contribution in [0, 0.1) is 0 Å². The number of nitrogens with zero attached hydrogens (tertiary/aromatic N) is 2. The largest absolute Gasteiger partial charge is 0.478 e. The third kappa shape index (κ3) is 3.03. The molecule has 2 aromatic rings. The molecule has 0 saturated carbocycles. The summed E-state index contributed by atoms with van der Waals surface area (Å²) >= 11 is 5.80. The van der Waals surface area contributed by atoms with E-state index >= 15 is 0 Å². The maximum absolute atomic E-state index is 12.1. The number of carboxylic acid groups (broad SMARTS) is 1. The molecule has 1 heterocycles. The van der Waals surface area contributed by atoms with Crippen molar-refractivity contribution in [3.63, 3.8) is 0 Å². The molecule has 0 fully saturated rings. The summed E-state index contributed by atoms with van der Waals surface area (Å²) in [6.45, 7) is 0. The van der Waals surface area contributed by atoms with E-state index in [2.05, 4.69) is 14.7 Å². The normalized spacial score (nSPS) is 11.1. The lowest BCUT2D eigenvalue weighted by Crippen LogP contribution is -2.15. The Bertz CT molecular complexity index is 750. The highest BCUT2D eigenvalue weighted by Gasteiger charge is 2.20. The number of sulfonamides is 1. The van der Waals surface area contributed by atoms with E-state index in [-0.39, 0.29) is 21.3 Å². The predicted molar refractivity (Wildman–Crippen MR) is 71.3 cm³/mol. The minimum Gasteiger partial charge on any atom is -0.478 e. The number of carbonyl (C=O) groups is 1. The zero-order chi connectivity index (χ0) is 14.8. The van der Waals surface area contributed by atoms with Gasteiger partial charge in [0, 0.05) is 12.4 Å². The Balaban J connectivity index is 2.44. The van der Waals surface area contributed by atoms with Gasteiger partial charge < -0.3 is 5.11 Å². The third-order valence-electron chi connectivity index (χ3n) is 2.27. The average Bonchev–Trinajstić information content (AvgIpc) is 2.39. The Morgan fingerprint density at radius 1 is 1.30 bits per heavy atom. The topological polar surface area (TPSA) is 109 Å². The van der Waals surface area contributed by atoms with Gasteiger partial charge in [-0.3, -0.25) is 9.71 Å². The van der Waals surface area contributed by atoms with Gasteiger partial charge >= 0.3 is 5.97 Å². The molecule has 0 radical (unpaired) electrons. The number of carboxylic acids is 1.